The lowest BCUT2D eigenvalue weighted by molar-refractivity contribution is 0.0695. The third-order valence-corrected chi connectivity index (χ3v) is 3.93. The highest BCUT2D eigenvalue weighted by Crippen LogP contribution is 2.17. The van der Waals surface area contributed by atoms with E-state index in [1.807, 2.05) is 5.38 Å². The van der Waals surface area contributed by atoms with Crippen LogP contribution in [0.15, 0.2) is 5.38 Å². The highest BCUT2D eigenvalue weighted by atomic mass is 32.1. The van der Waals surface area contributed by atoms with Crippen LogP contribution in [0, 0.1) is 13.8 Å². The third-order valence-electron chi connectivity index (χ3n) is 2.97. The van der Waals surface area contributed by atoms with Crippen LogP contribution in [-0.2, 0) is 13.0 Å². The normalized spacial score (nSPS) is 10.9. The van der Waals surface area contributed by atoms with E-state index in [1.165, 1.54) is 0 Å². The minimum Gasteiger partial charge on any atom is -0.478 e. The monoisotopic (exact) mass is 279 g/mol. The molecule has 2 aromatic rings. The molecule has 2 aromatic heterocycles. The van der Waals surface area contributed by atoms with Crippen LogP contribution in [-0.4, -0.2) is 25.8 Å². The SMILES string of the molecule is CCCc1nc(Cn2nc(C)c(C(=O)O)c2C)cs1. The average molecular weight is 279 g/mol. The van der Waals surface area contributed by atoms with Gasteiger partial charge in [0, 0.05) is 5.38 Å². The number of carbonyl (C=O) groups is 1. The van der Waals surface area contributed by atoms with Gasteiger partial charge in [-0.3, -0.25) is 4.68 Å². The van der Waals surface area contributed by atoms with Crippen molar-refractivity contribution in [1.82, 2.24) is 14.8 Å². The zero-order chi connectivity index (χ0) is 14.0. The van der Waals surface area contributed by atoms with Crippen LogP contribution in [0.4, 0.5) is 0 Å². The zero-order valence-corrected chi connectivity index (χ0v) is 12.1. The summed E-state index contributed by atoms with van der Waals surface area (Å²) in [6.45, 7) is 6.15. The molecule has 6 heteroatoms. The summed E-state index contributed by atoms with van der Waals surface area (Å²) in [6.07, 6.45) is 2.07. The molecule has 0 radical (unpaired) electrons. The summed E-state index contributed by atoms with van der Waals surface area (Å²) in [5, 5.41) is 16.6. The molecule has 19 heavy (non-hydrogen) atoms. The molecule has 0 aromatic carbocycles. The van der Waals surface area contributed by atoms with Gasteiger partial charge in [0.1, 0.15) is 5.56 Å². The molecule has 0 aliphatic heterocycles. The number of carboxylic acids is 1. The van der Waals surface area contributed by atoms with Gasteiger partial charge in [-0.05, 0) is 26.7 Å². The van der Waals surface area contributed by atoms with E-state index in [0.29, 0.717) is 23.5 Å². The minimum atomic E-state index is -0.925. The molecule has 0 saturated carbocycles. The fourth-order valence-electron chi connectivity index (χ4n) is 2.06. The van der Waals surface area contributed by atoms with Gasteiger partial charge in [-0.25, -0.2) is 9.78 Å². The van der Waals surface area contributed by atoms with Gasteiger partial charge < -0.3 is 5.11 Å². The van der Waals surface area contributed by atoms with Crippen LogP contribution in [0.2, 0.25) is 0 Å². The number of hydrogen-bond donors (Lipinski definition) is 1. The van der Waals surface area contributed by atoms with Crippen LogP contribution in [0.1, 0.15) is 45.8 Å². The van der Waals surface area contributed by atoms with E-state index in [9.17, 15) is 4.79 Å². The summed E-state index contributed by atoms with van der Waals surface area (Å²) in [4.78, 5) is 15.7. The van der Waals surface area contributed by atoms with E-state index in [-0.39, 0.29) is 0 Å². The lowest BCUT2D eigenvalue weighted by Gasteiger charge is -2.01. The van der Waals surface area contributed by atoms with Crippen LogP contribution in [0.3, 0.4) is 0 Å². The highest BCUT2D eigenvalue weighted by molar-refractivity contribution is 7.09. The smallest absolute Gasteiger partial charge is 0.339 e. The second-order valence-corrected chi connectivity index (χ2v) is 5.43. The van der Waals surface area contributed by atoms with Crippen molar-refractivity contribution >= 4 is 17.3 Å². The maximum Gasteiger partial charge on any atom is 0.339 e. The van der Waals surface area contributed by atoms with Crippen molar-refractivity contribution in [1.29, 1.82) is 0 Å². The molecule has 2 heterocycles. The van der Waals surface area contributed by atoms with Crippen LogP contribution < -0.4 is 0 Å². The largest absolute Gasteiger partial charge is 0.478 e. The Morgan fingerprint density at radius 1 is 1.47 bits per heavy atom. The van der Waals surface area contributed by atoms with Gasteiger partial charge in [0.25, 0.3) is 0 Å². The number of nitrogens with zero attached hydrogens (tertiary/aromatic N) is 3. The molecule has 0 aliphatic rings. The molecule has 5 nitrogen and oxygen atoms in total. The predicted octanol–water partition coefficient (Wildman–Crippen LogP) is 2.66. The molecule has 0 fully saturated rings. The summed E-state index contributed by atoms with van der Waals surface area (Å²) in [6, 6.07) is 0. The van der Waals surface area contributed by atoms with Gasteiger partial charge in [-0.15, -0.1) is 11.3 Å². The molecule has 0 amide bonds. The van der Waals surface area contributed by atoms with E-state index in [1.54, 1.807) is 29.9 Å². The first kappa shape index (κ1) is 13.7. The lowest BCUT2D eigenvalue weighted by Crippen LogP contribution is -2.06. The first-order valence-corrected chi connectivity index (χ1v) is 7.11. The number of hydrogen-bond acceptors (Lipinski definition) is 4. The number of rotatable bonds is 5. The minimum absolute atomic E-state index is 0.295. The maximum atomic E-state index is 11.1. The summed E-state index contributed by atoms with van der Waals surface area (Å²) >= 11 is 1.65. The molecule has 0 saturated heterocycles. The van der Waals surface area contributed by atoms with E-state index < -0.39 is 5.97 Å². The standard InChI is InChI=1S/C13H17N3O2S/c1-4-5-11-14-10(7-19-11)6-16-9(3)12(13(17)18)8(2)15-16/h7H,4-6H2,1-3H3,(H,17,18). The van der Waals surface area contributed by atoms with Crippen molar-refractivity contribution in [2.75, 3.05) is 0 Å². The van der Waals surface area contributed by atoms with Crippen LogP contribution in [0.25, 0.3) is 0 Å². The van der Waals surface area contributed by atoms with Crippen LogP contribution in [0.5, 0.6) is 0 Å². The molecule has 0 aliphatic carbocycles. The average Bonchev–Trinajstić information content (AvgIpc) is 2.86. The van der Waals surface area contributed by atoms with Crippen molar-refractivity contribution in [3.05, 3.63) is 33.0 Å². The van der Waals surface area contributed by atoms with Gasteiger partial charge in [0.05, 0.1) is 28.6 Å². The molecular weight excluding hydrogens is 262 g/mol. The van der Waals surface area contributed by atoms with Gasteiger partial charge in [-0.1, -0.05) is 6.92 Å². The first-order valence-electron chi connectivity index (χ1n) is 6.23. The van der Waals surface area contributed by atoms with Gasteiger partial charge in [-0.2, -0.15) is 5.10 Å². The predicted molar refractivity (Wildman–Crippen MR) is 73.9 cm³/mol. The quantitative estimate of drug-likeness (QED) is 0.913. The van der Waals surface area contributed by atoms with Gasteiger partial charge in [0.2, 0.25) is 0 Å². The lowest BCUT2D eigenvalue weighted by atomic mass is 10.2. The van der Waals surface area contributed by atoms with Crippen molar-refractivity contribution in [2.24, 2.45) is 0 Å². The second-order valence-electron chi connectivity index (χ2n) is 4.49. The summed E-state index contributed by atoms with van der Waals surface area (Å²) in [7, 11) is 0. The fraction of sp³-hybridized carbons (Fsp3) is 0.462. The van der Waals surface area contributed by atoms with E-state index in [2.05, 4.69) is 17.0 Å². The van der Waals surface area contributed by atoms with Crippen molar-refractivity contribution in [2.45, 2.75) is 40.2 Å². The summed E-state index contributed by atoms with van der Waals surface area (Å²) in [5.74, 6) is -0.925. The molecule has 0 bridgehead atoms. The number of thiazole rings is 1. The summed E-state index contributed by atoms with van der Waals surface area (Å²) < 4.78 is 1.71. The van der Waals surface area contributed by atoms with E-state index >= 15 is 0 Å². The van der Waals surface area contributed by atoms with Crippen LogP contribution >= 0.6 is 11.3 Å². The Balaban J connectivity index is 2.23. The molecule has 102 valence electrons. The Morgan fingerprint density at radius 3 is 2.79 bits per heavy atom. The molecule has 0 atom stereocenters. The Labute approximate surface area is 115 Å². The summed E-state index contributed by atoms with van der Waals surface area (Å²) in [5.41, 5.74) is 2.46. The van der Waals surface area contributed by atoms with E-state index in [4.69, 9.17) is 5.11 Å². The zero-order valence-electron chi connectivity index (χ0n) is 11.3. The number of carboxylic acid groups (broad SMARTS) is 1. The van der Waals surface area contributed by atoms with Crippen molar-refractivity contribution in [3.8, 4) is 0 Å². The molecule has 0 unspecified atom stereocenters. The Morgan fingerprint density at radius 2 is 2.21 bits per heavy atom. The van der Waals surface area contributed by atoms with Gasteiger partial charge >= 0.3 is 5.97 Å². The Hall–Kier alpha value is -1.69. The maximum absolute atomic E-state index is 11.1. The second kappa shape index (κ2) is 5.52. The van der Waals surface area contributed by atoms with Crippen molar-refractivity contribution < 1.29 is 9.90 Å². The number of aromatic carboxylic acids is 1. The van der Waals surface area contributed by atoms with Gasteiger partial charge in [0.15, 0.2) is 0 Å². The molecular formula is C13H17N3O2S. The Kier molecular flexibility index (Phi) is 3.99. The molecule has 0 spiro atoms. The fourth-order valence-corrected chi connectivity index (χ4v) is 2.96. The van der Waals surface area contributed by atoms with E-state index in [0.717, 1.165) is 23.5 Å². The highest BCUT2D eigenvalue weighted by Gasteiger charge is 2.18. The number of aryl methyl sites for hydroxylation is 2. The Bertz CT molecular complexity index is 601. The third kappa shape index (κ3) is 2.84. The topological polar surface area (TPSA) is 68.0 Å². The first-order chi connectivity index (χ1) is 9.02. The number of aromatic nitrogens is 3. The molecule has 2 rings (SSSR count). The molecule has 1 N–H and O–H groups in total. The van der Waals surface area contributed by atoms with Crippen molar-refractivity contribution in [3.63, 3.8) is 0 Å².